The van der Waals surface area contributed by atoms with Gasteiger partial charge in [-0.2, -0.15) is 0 Å². The summed E-state index contributed by atoms with van der Waals surface area (Å²) in [5.41, 5.74) is 5.59. The first kappa shape index (κ1) is 11.5. The lowest BCUT2D eigenvalue weighted by molar-refractivity contribution is -0.183. The average molecular weight is 238 g/mol. The first-order chi connectivity index (χ1) is 7.99. The largest absolute Gasteiger partial charge is 0.377 e. The van der Waals surface area contributed by atoms with E-state index in [1.54, 1.807) is 0 Å². The van der Waals surface area contributed by atoms with Crippen LogP contribution in [0.25, 0.3) is 0 Å². The molecule has 1 aliphatic carbocycles. The minimum Gasteiger partial charge on any atom is -0.377 e. The molecule has 2 heterocycles. The third-order valence-electron chi connectivity index (χ3n) is 5.20. The Hall–Kier alpha value is -0.610. The fourth-order valence-corrected chi connectivity index (χ4v) is 4.00. The van der Waals surface area contributed by atoms with Gasteiger partial charge in [0.25, 0.3) is 0 Å². The number of carbonyl (C=O) groups excluding carboxylic acids is 1. The second-order valence-electron chi connectivity index (χ2n) is 6.28. The highest BCUT2D eigenvalue weighted by Gasteiger charge is 2.71. The highest BCUT2D eigenvalue weighted by atomic mass is 16.5. The molecular formula is C13H22N2O2. The number of hydrogen-bond acceptors (Lipinski definition) is 3. The molecule has 1 saturated carbocycles. The highest BCUT2D eigenvalue weighted by Crippen LogP contribution is 2.58. The molecule has 0 aromatic heterocycles. The second kappa shape index (κ2) is 3.45. The molecule has 0 bridgehead atoms. The van der Waals surface area contributed by atoms with Crippen molar-refractivity contribution >= 4 is 5.91 Å². The van der Waals surface area contributed by atoms with Gasteiger partial charge in [0.05, 0.1) is 6.10 Å². The van der Waals surface area contributed by atoms with Crippen LogP contribution in [0, 0.1) is 11.3 Å². The number of amides is 1. The van der Waals surface area contributed by atoms with Crippen molar-refractivity contribution in [2.45, 2.75) is 44.8 Å². The molecule has 1 amide bonds. The lowest BCUT2D eigenvalue weighted by Gasteiger charge is -2.61. The third kappa shape index (κ3) is 1.23. The maximum atomic E-state index is 12.7. The maximum Gasteiger partial charge on any atom is 0.243 e. The van der Waals surface area contributed by atoms with Gasteiger partial charge in [0.1, 0.15) is 5.54 Å². The van der Waals surface area contributed by atoms with E-state index in [9.17, 15) is 4.79 Å². The van der Waals surface area contributed by atoms with Crippen LogP contribution < -0.4 is 5.73 Å². The van der Waals surface area contributed by atoms with Gasteiger partial charge in [-0.05, 0) is 19.3 Å². The topological polar surface area (TPSA) is 55.6 Å². The maximum absolute atomic E-state index is 12.7. The van der Waals surface area contributed by atoms with Crippen LogP contribution in [0.15, 0.2) is 0 Å². The summed E-state index contributed by atoms with van der Waals surface area (Å²) in [6.45, 7) is 6.67. The molecule has 3 aliphatic rings. The summed E-state index contributed by atoms with van der Waals surface area (Å²) >= 11 is 0. The van der Waals surface area contributed by atoms with Gasteiger partial charge in [-0.25, -0.2) is 0 Å². The predicted molar refractivity (Wildman–Crippen MR) is 64.4 cm³/mol. The number of nitrogens with zero attached hydrogens (tertiary/aromatic N) is 1. The molecule has 3 rings (SSSR count). The van der Waals surface area contributed by atoms with E-state index in [0.717, 1.165) is 39.0 Å². The number of rotatable bonds is 1. The van der Waals surface area contributed by atoms with Crippen molar-refractivity contribution in [3.63, 3.8) is 0 Å². The second-order valence-corrected chi connectivity index (χ2v) is 6.28. The van der Waals surface area contributed by atoms with Crippen molar-refractivity contribution in [2.75, 3.05) is 19.7 Å². The standard InChI is InChI=1S/C13H22N2O2/c1-12(2)10-9(5-8-17-10)13(12,14)11(16)15-6-3-4-7-15/h9-10H,3-8,14H2,1-2H3. The highest BCUT2D eigenvalue weighted by molar-refractivity contribution is 5.89. The Morgan fingerprint density at radius 2 is 2.00 bits per heavy atom. The zero-order valence-corrected chi connectivity index (χ0v) is 10.7. The Morgan fingerprint density at radius 1 is 1.35 bits per heavy atom. The summed E-state index contributed by atoms with van der Waals surface area (Å²) in [4.78, 5) is 14.6. The summed E-state index contributed by atoms with van der Waals surface area (Å²) in [7, 11) is 0. The van der Waals surface area contributed by atoms with Gasteiger partial charge in [0.15, 0.2) is 0 Å². The molecule has 17 heavy (non-hydrogen) atoms. The lowest BCUT2D eigenvalue weighted by atomic mass is 9.47. The van der Waals surface area contributed by atoms with Crippen LogP contribution in [-0.2, 0) is 9.53 Å². The zero-order chi connectivity index (χ0) is 12.3. The molecule has 3 atom stereocenters. The summed E-state index contributed by atoms with van der Waals surface area (Å²) in [6, 6.07) is 0. The Bertz CT molecular complexity index is 349. The molecule has 2 saturated heterocycles. The molecule has 4 nitrogen and oxygen atoms in total. The van der Waals surface area contributed by atoms with Crippen LogP contribution in [-0.4, -0.2) is 42.1 Å². The van der Waals surface area contributed by atoms with E-state index in [2.05, 4.69) is 13.8 Å². The van der Waals surface area contributed by atoms with Gasteiger partial charge in [-0.15, -0.1) is 0 Å². The molecule has 0 aromatic carbocycles. The van der Waals surface area contributed by atoms with Crippen LogP contribution in [0.3, 0.4) is 0 Å². The molecule has 2 aliphatic heterocycles. The number of hydrogen-bond donors (Lipinski definition) is 1. The van der Waals surface area contributed by atoms with Gasteiger partial charge in [0.2, 0.25) is 5.91 Å². The van der Waals surface area contributed by atoms with E-state index >= 15 is 0 Å². The number of likely N-dealkylation sites (tertiary alicyclic amines) is 1. The van der Waals surface area contributed by atoms with Crippen molar-refractivity contribution in [3.05, 3.63) is 0 Å². The third-order valence-corrected chi connectivity index (χ3v) is 5.20. The summed E-state index contributed by atoms with van der Waals surface area (Å²) in [5.74, 6) is 0.386. The summed E-state index contributed by atoms with van der Waals surface area (Å²) in [6.07, 6.45) is 3.35. The molecule has 0 aromatic rings. The Labute approximate surface area is 102 Å². The molecule has 3 unspecified atom stereocenters. The quantitative estimate of drug-likeness (QED) is 0.733. The summed E-state index contributed by atoms with van der Waals surface area (Å²) < 4.78 is 5.72. The molecule has 96 valence electrons. The van der Waals surface area contributed by atoms with Gasteiger partial charge < -0.3 is 15.4 Å². The minimum atomic E-state index is -0.696. The average Bonchev–Trinajstić information content (AvgIpc) is 2.96. The fourth-order valence-electron chi connectivity index (χ4n) is 4.00. The van der Waals surface area contributed by atoms with E-state index in [1.165, 1.54) is 0 Å². The van der Waals surface area contributed by atoms with E-state index in [0.29, 0.717) is 0 Å². The monoisotopic (exact) mass is 238 g/mol. The Balaban J connectivity index is 1.87. The van der Waals surface area contributed by atoms with Crippen molar-refractivity contribution < 1.29 is 9.53 Å². The van der Waals surface area contributed by atoms with E-state index in [-0.39, 0.29) is 23.3 Å². The minimum absolute atomic E-state index is 0.159. The molecule has 3 fully saturated rings. The normalized spacial score (nSPS) is 43.4. The number of carbonyl (C=O) groups is 1. The number of fused-ring (bicyclic) bond motifs is 1. The molecular weight excluding hydrogens is 216 g/mol. The van der Waals surface area contributed by atoms with E-state index < -0.39 is 5.54 Å². The fraction of sp³-hybridized carbons (Fsp3) is 0.923. The van der Waals surface area contributed by atoms with Gasteiger partial charge in [-0.3, -0.25) is 4.79 Å². The van der Waals surface area contributed by atoms with Crippen LogP contribution in [0.5, 0.6) is 0 Å². The Kier molecular flexibility index (Phi) is 2.33. The molecule has 4 heteroatoms. The van der Waals surface area contributed by atoms with Crippen molar-refractivity contribution in [1.82, 2.24) is 4.90 Å². The van der Waals surface area contributed by atoms with Crippen LogP contribution >= 0.6 is 0 Å². The first-order valence-electron chi connectivity index (χ1n) is 6.69. The Morgan fingerprint density at radius 3 is 2.65 bits per heavy atom. The van der Waals surface area contributed by atoms with Crippen molar-refractivity contribution in [1.29, 1.82) is 0 Å². The van der Waals surface area contributed by atoms with E-state index in [1.807, 2.05) is 4.90 Å². The van der Waals surface area contributed by atoms with Crippen LogP contribution in [0.4, 0.5) is 0 Å². The van der Waals surface area contributed by atoms with Crippen LogP contribution in [0.1, 0.15) is 33.1 Å². The van der Waals surface area contributed by atoms with Gasteiger partial charge in [-0.1, -0.05) is 13.8 Å². The van der Waals surface area contributed by atoms with Gasteiger partial charge >= 0.3 is 0 Å². The zero-order valence-electron chi connectivity index (χ0n) is 10.7. The molecule has 0 spiro atoms. The van der Waals surface area contributed by atoms with Crippen LogP contribution in [0.2, 0.25) is 0 Å². The number of ether oxygens (including phenoxy) is 1. The van der Waals surface area contributed by atoms with Crippen molar-refractivity contribution in [2.24, 2.45) is 17.1 Å². The predicted octanol–water partition coefficient (Wildman–Crippen LogP) is 0.751. The SMILES string of the molecule is CC1(C)C2OCCC2C1(N)C(=O)N1CCCC1. The molecule has 2 N–H and O–H groups in total. The van der Waals surface area contributed by atoms with Crippen molar-refractivity contribution in [3.8, 4) is 0 Å². The summed E-state index contributed by atoms with van der Waals surface area (Å²) in [5, 5.41) is 0. The molecule has 0 radical (unpaired) electrons. The number of nitrogens with two attached hydrogens (primary N) is 1. The van der Waals surface area contributed by atoms with E-state index in [4.69, 9.17) is 10.5 Å². The smallest absolute Gasteiger partial charge is 0.243 e. The van der Waals surface area contributed by atoms with Gasteiger partial charge in [0, 0.05) is 31.0 Å². The lowest BCUT2D eigenvalue weighted by Crippen LogP contribution is -2.80. The first-order valence-corrected chi connectivity index (χ1v) is 6.69.